The van der Waals surface area contributed by atoms with E-state index in [0.29, 0.717) is 5.75 Å². The van der Waals surface area contributed by atoms with Gasteiger partial charge in [-0.3, -0.25) is 9.69 Å². The van der Waals surface area contributed by atoms with E-state index >= 15 is 0 Å². The summed E-state index contributed by atoms with van der Waals surface area (Å²) in [5.74, 6) is 0.675. The van der Waals surface area contributed by atoms with Crippen molar-refractivity contribution in [1.29, 1.82) is 0 Å². The standard InChI is InChI=1S/C20H24N2O2/c1-15-10-11-18(24-2)17(14-15)21-20(23)19(22-12-6-7-13-22)16-8-4-3-5-9-16/h3-5,8-11,14,19H,6-7,12-13H2,1-2H3,(H,21,23)/t19-/m0/s1. The maximum atomic E-state index is 13.1. The predicted octanol–water partition coefficient (Wildman–Crippen LogP) is 3.78. The van der Waals surface area contributed by atoms with E-state index in [-0.39, 0.29) is 11.9 Å². The van der Waals surface area contributed by atoms with Crippen LogP contribution in [0.1, 0.15) is 30.0 Å². The lowest BCUT2D eigenvalue weighted by Crippen LogP contribution is -2.35. The molecule has 1 fully saturated rings. The van der Waals surface area contributed by atoms with Gasteiger partial charge in [0.05, 0.1) is 12.8 Å². The van der Waals surface area contributed by atoms with Crippen LogP contribution in [0.5, 0.6) is 5.75 Å². The lowest BCUT2D eigenvalue weighted by molar-refractivity contribution is -0.121. The number of ether oxygens (including phenoxy) is 1. The van der Waals surface area contributed by atoms with Crippen LogP contribution in [-0.2, 0) is 4.79 Å². The molecule has 1 N–H and O–H groups in total. The number of benzene rings is 2. The first-order valence-electron chi connectivity index (χ1n) is 8.43. The first-order valence-corrected chi connectivity index (χ1v) is 8.43. The molecular weight excluding hydrogens is 300 g/mol. The minimum Gasteiger partial charge on any atom is -0.495 e. The van der Waals surface area contributed by atoms with Crippen LogP contribution in [0.4, 0.5) is 5.69 Å². The van der Waals surface area contributed by atoms with Crippen LogP contribution in [0, 0.1) is 6.92 Å². The molecule has 1 saturated heterocycles. The Morgan fingerprint density at radius 1 is 1.12 bits per heavy atom. The zero-order chi connectivity index (χ0) is 16.9. The molecule has 4 heteroatoms. The monoisotopic (exact) mass is 324 g/mol. The Morgan fingerprint density at radius 3 is 2.50 bits per heavy atom. The third-order valence-electron chi connectivity index (χ3n) is 4.48. The van der Waals surface area contributed by atoms with E-state index in [1.54, 1.807) is 7.11 Å². The molecule has 0 saturated carbocycles. The highest BCUT2D eigenvalue weighted by atomic mass is 16.5. The number of aryl methyl sites for hydroxylation is 1. The molecule has 2 aromatic rings. The van der Waals surface area contributed by atoms with Gasteiger partial charge in [-0.15, -0.1) is 0 Å². The van der Waals surface area contributed by atoms with E-state index in [2.05, 4.69) is 10.2 Å². The number of amides is 1. The number of hydrogen-bond acceptors (Lipinski definition) is 3. The summed E-state index contributed by atoms with van der Waals surface area (Å²) >= 11 is 0. The van der Waals surface area contributed by atoms with Crippen molar-refractivity contribution < 1.29 is 9.53 Å². The van der Waals surface area contributed by atoms with Crippen LogP contribution in [-0.4, -0.2) is 31.0 Å². The van der Waals surface area contributed by atoms with Crippen molar-refractivity contribution in [3.63, 3.8) is 0 Å². The Morgan fingerprint density at radius 2 is 1.83 bits per heavy atom. The van der Waals surface area contributed by atoms with Crippen molar-refractivity contribution >= 4 is 11.6 Å². The second-order valence-electron chi connectivity index (χ2n) is 6.25. The molecule has 2 aromatic carbocycles. The van der Waals surface area contributed by atoms with Gasteiger partial charge < -0.3 is 10.1 Å². The van der Waals surface area contributed by atoms with Gasteiger partial charge >= 0.3 is 0 Å². The highest BCUT2D eigenvalue weighted by Crippen LogP contribution is 2.30. The fraction of sp³-hybridized carbons (Fsp3) is 0.350. The van der Waals surface area contributed by atoms with Crippen LogP contribution in [0.15, 0.2) is 48.5 Å². The smallest absolute Gasteiger partial charge is 0.246 e. The van der Waals surface area contributed by atoms with E-state index in [1.807, 2.05) is 55.5 Å². The van der Waals surface area contributed by atoms with Crippen LogP contribution in [0.3, 0.4) is 0 Å². The van der Waals surface area contributed by atoms with Crippen molar-refractivity contribution in [3.05, 3.63) is 59.7 Å². The molecule has 126 valence electrons. The largest absolute Gasteiger partial charge is 0.495 e. The molecule has 1 aliphatic heterocycles. The van der Waals surface area contributed by atoms with Gasteiger partial charge in [0.2, 0.25) is 5.91 Å². The minimum absolute atomic E-state index is 0.00741. The summed E-state index contributed by atoms with van der Waals surface area (Å²) in [5, 5.41) is 3.07. The van der Waals surface area contributed by atoms with E-state index < -0.39 is 0 Å². The first kappa shape index (κ1) is 16.5. The van der Waals surface area contributed by atoms with Gasteiger partial charge in [-0.2, -0.15) is 0 Å². The van der Waals surface area contributed by atoms with Crippen LogP contribution >= 0.6 is 0 Å². The van der Waals surface area contributed by atoms with Gasteiger partial charge in [-0.1, -0.05) is 36.4 Å². The SMILES string of the molecule is COc1ccc(C)cc1NC(=O)[C@H](c1ccccc1)N1CCCC1. The van der Waals surface area contributed by atoms with Crippen molar-refractivity contribution in [2.45, 2.75) is 25.8 Å². The molecule has 1 heterocycles. The zero-order valence-electron chi connectivity index (χ0n) is 14.3. The molecule has 0 aliphatic carbocycles. The zero-order valence-corrected chi connectivity index (χ0v) is 14.3. The lowest BCUT2D eigenvalue weighted by atomic mass is 10.0. The van der Waals surface area contributed by atoms with E-state index in [4.69, 9.17) is 4.74 Å². The number of nitrogens with zero attached hydrogens (tertiary/aromatic N) is 1. The second kappa shape index (κ2) is 7.49. The number of methoxy groups -OCH3 is 1. The molecule has 3 rings (SSSR count). The molecule has 1 atom stereocenters. The number of carbonyl (C=O) groups excluding carboxylic acids is 1. The number of anilines is 1. The van der Waals surface area contributed by atoms with Crippen molar-refractivity contribution in [1.82, 2.24) is 4.90 Å². The Hall–Kier alpha value is -2.33. The van der Waals surface area contributed by atoms with Crippen LogP contribution < -0.4 is 10.1 Å². The molecular formula is C20H24N2O2. The molecule has 24 heavy (non-hydrogen) atoms. The molecule has 1 aliphatic rings. The number of likely N-dealkylation sites (tertiary alicyclic amines) is 1. The summed E-state index contributed by atoms with van der Waals surface area (Å²) < 4.78 is 5.38. The average molecular weight is 324 g/mol. The lowest BCUT2D eigenvalue weighted by Gasteiger charge is -2.27. The van der Waals surface area contributed by atoms with E-state index in [0.717, 1.165) is 42.7 Å². The maximum absolute atomic E-state index is 13.1. The van der Waals surface area contributed by atoms with Crippen molar-refractivity contribution in [2.75, 3.05) is 25.5 Å². The fourth-order valence-corrected chi connectivity index (χ4v) is 3.28. The third-order valence-corrected chi connectivity index (χ3v) is 4.48. The van der Waals surface area contributed by atoms with Crippen molar-refractivity contribution in [2.24, 2.45) is 0 Å². The molecule has 0 unspecified atom stereocenters. The van der Waals surface area contributed by atoms with Gasteiger partial charge in [0.25, 0.3) is 0 Å². The third kappa shape index (κ3) is 3.60. The maximum Gasteiger partial charge on any atom is 0.246 e. The van der Waals surface area contributed by atoms with E-state index in [1.165, 1.54) is 0 Å². The van der Waals surface area contributed by atoms with E-state index in [9.17, 15) is 4.79 Å². The predicted molar refractivity (Wildman–Crippen MR) is 96.4 cm³/mol. The quantitative estimate of drug-likeness (QED) is 0.910. The fourth-order valence-electron chi connectivity index (χ4n) is 3.28. The summed E-state index contributed by atoms with van der Waals surface area (Å²) in [6, 6.07) is 15.5. The molecule has 0 aromatic heterocycles. The molecule has 0 bridgehead atoms. The molecule has 4 nitrogen and oxygen atoms in total. The van der Waals surface area contributed by atoms with Gasteiger partial charge in [-0.25, -0.2) is 0 Å². The Balaban J connectivity index is 1.88. The molecule has 0 spiro atoms. The normalized spacial score (nSPS) is 15.9. The van der Waals surface area contributed by atoms with Gasteiger partial charge in [0, 0.05) is 0 Å². The topological polar surface area (TPSA) is 41.6 Å². The van der Waals surface area contributed by atoms with Crippen molar-refractivity contribution in [3.8, 4) is 5.75 Å². The number of rotatable bonds is 5. The van der Waals surface area contributed by atoms with Crippen LogP contribution in [0.25, 0.3) is 0 Å². The highest BCUT2D eigenvalue weighted by Gasteiger charge is 2.30. The molecule has 0 radical (unpaired) electrons. The van der Waals surface area contributed by atoms with Gasteiger partial charge in [-0.05, 0) is 56.1 Å². The van der Waals surface area contributed by atoms with Crippen LogP contribution in [0.2, 0.25) is 0 Å². The van der Waals surface area contributed by atoms with Gasteiger partial charge in [0.1, 0.15) is 11.8 Å². The molecule has 1 amide bonds. The highest BCUT2D eigenvalue weighted by molar-refractivity contribution is 5.96. The summed E-state index contributed by atoms with van der Waals surface area (Å²) in [5.41, 5.74) is 2.84. The number of carbonyl (C=O) groups is 1. The van der Waals surface area contributed by atoms with Gasteiger partial charge in [0.15, 0.2) is 0 Å². The number of hydrogen-bond donors (Lipinski definition) is 1. The Kier molecular flexibility index (Phi) is 5.16. The minimum atomic E-state index is -0.265. The Bertz CT molecular complexity index is 694. The average Bonchev–Trinajstić information content (AvgIpc) is 3.10. The summed E-state index contributed by atoms with van der Waals surface area (Å²) in [4.78, 5) is 15.3. The number of nitrogens with one attached hydrogen (secondary N) is 1. The summed E-state index contributed by atoms with van der Waals surface area (Å²) in [7, 11) is 1.62. The second-order valence-corrected chi connectivity index (χ2v) is 6.25. The Labute approximate surface area is 143 Å². The summed E-state index contributed by atoms with van der Waals surface area (Å²) in [6.07, 6.45) is 2.29. The first-order chi connectivity index (χ1) is 11.7. The summed E-state index contributed by atoms with van der Waals surface area (Å²) in [6.45, 7) is 3.92.